The molecule has 0 aliphatic carbocycles. The van der Waals surface area contributed by atoms with Gasteiger partial charge in [-0.3, -0.25) is 4.98 Å². The first kappa shape index (κ1) is 19.3. The zero-order valence-electron chi connectivity index (χ0n) is 13.0. The predicted molar refractivity (Wildman–Crippen MR) is 82.1 cm³/mol. The maximum Gasteiger partial charge on any atom is 0.417 e. The third kappa shape index (κ3) is 7.36. The molecule has 0 aliphatic rings. The van der Waals surface area contributed by atoms with Crippen LogP contribution in [0.15, 0.2) is 18.3 Å². The van der Waals surface area contributed by atoms with Crippen molar-refractivity contribution in [3.8, 4) is 0 Å². The predicted octanol–water partition coefficient (Wildman–Crippen LogP) is 4.68. The zero-order chi connectivity index (χ0) is 17.7. The molecule has 4 nitrogen and oxygen atoms in total. The Morgan fingerprint density at radius 1 is 1.39 bits per heavy atom. The molecule has 23 heavy (non-hydrogen) atoms. The fraction of sp³-hybridized carbons (Fsp3) is 0.467. The van der Waals surface area contributed by atoms with Gasteiger partial charge in [0.25, 0.3) is 0 Å². The van der Waals surface area contributed by atoms with Crippen LogP contribution in [-0.4, -0.2) is 23.2 Å². The molecule has 0 bridgehead atoms. The number of aromatic nitrogens is 1. The molecular weight excluding hydrogens is 333 g/mol. The summed E-state index contributed by atoms with van der Waals surface area (Å²) in [5, 5.41) is 2.47. The lowest BCUT2D eigenvalue weighted by Crippen LogP contribution is -2.32. The van der Waals surface area contributed by atoms with Crippen molar-refractivity contribution in [3.05, 3.63) is 34.6 Å². The van der Waals surface area contributed by atoms with Gasteiger partial charge in [0.1, 0.15) is 5.60 Å². The molecule has 0 atom stereocenters. The normalized spacial score (nSPS) is 12.5. The van der Waals surface area contributed by atoms with Crippen LogP contribution in [0, 0.1) is 0 Å². The van der Waals surface area contributed by atoms with Gasteiger partial charge in [-0.05, 0) is 39.3 Å². The summed E-state index contributed by atoms with van der Waals surface area (Å²) in [7, 11) is 0. The largest absolute Gasteiger partial charge is 0.444 e. The van der Waals surface area contributed by atoms with Crippen LogP contribution in [0.25, 0.3) is 6.08 Å². The number of carbonyl (C=O) groups is 1. The van der Waals surface area contributed by atoms with E-state index in [1.54, 1.807) is 26.8 Å². The van der Waals surface area contributed by atoms with E-state index in [0.717, 1.165) is 12.3 Å². The minimum atomic E-state index is -4.48. The van der Waals surface area contributed by atoms with E-state index in [4.69, 9.17) is 16.3 Å². The van der Waals surface area contributed by atoms with Crippen LogP contribution in [0.1, 0.15) is 38.4 Å². The van der Waals surface area contributed by atoms with Crippen molar-refractivity contribution in [3.63, 3.8) is 0 Å². The Balaban J connectivity index is 2.48. The summed E-state index contributed by atoms with van der Waals surface area (Å²) in [6.07, 6.45) is -0.673. The number of alkyl carbamates (subject to hydrolysis) is 1. The summed E-state index contributed by atoms with van der Waals surface area (Å²) in [6.45, 7) is 5.59. The lowest BCUT2D eigenvalue weighted by molar-refractivity contribution is -0.137. The third-order valence-corrected chi connectivity index (χ3v) is 2.75. The van der Waals surface area contributed by atoms with Gasteiger partial charge in [0.2, 0.25) is 0 Å². The van der Waals surface area contributed by atoms with Gasteiger partial charge < -0.3 is 10.1 Å². The van der Waals surface area contributed by atoms with Crippen molar-refractivity contribution in [2.24, 2.45) is 0 Å². The second kappa shape index (κ2) is 7.68. The number of amides is 1. The molecule has 0 saturated heterocycles. The van der Waals surface area contributed by atoms with Crippen LogP contribution >= 0.6 is 11.6 Å². The van der Waals surface area contributed by atoms with E-state index in [-0.39, 0.29) is 10.7 Å². The summed E-state index contributed by atoms with van der Waals surface area (Å²) in [5.41, 5.74) is -1.24. The van der Waals surface area contributed by atoms with Crippen molar-refractivity contribution in [1.82, 2.24) is 10.3 Å². The van der Waals surface area contributed by atoms with Crippen LogP contribution in [0.2, 0.25) is 5.02 Å². The molecule has 0 fully saturated rings. The van der Waals surface area contributed by atoms with Gasteiger partial charge in [0.05, 0.1) is 16.3 Å². The van der Waals surface area contributed by atoms with E-state index in [0.29, 0.717) is 13.0 Å². The van der Waals surface area contributed by atoms with Gasteiger partial charge in [0.15, 0.2) is 0 Å². The fourth-order valence-corrected chi connectivity index (χ4v) is 1.72. The average Bonchev–Trinajstić information content (AvgIpc) is 2.36. The first-order valence-electron chi connectivity index (χ1n) is 6.85. The summed E-state index contributed by atoms with van der Waals surface area (Å²) in [5.74, 6) is 0. The molecule has 0 unspecified atom stereocenters. The standard InChI is InChI=1S/C15H18ClF3N2O2/c1-14(2,3)23-13(22)20-7-5-4-6-12-11(16)8-10(9-21-12)15(17,18)19/h4,6,8-9H,5,7H2,1-3H3,(H,20,22). The van der Waals surface area contributed by atoms with Crippen LogP contribution in [0.3, 0.4) is 0 Å². The van der Waals surface area contributed by atoms with E-state index in [2.05, 4.69) is 10.3 Å². The number of nitrogens with zero attached hydrogens (tertiary/aromatic N) is 1. The smallest absolute Gasteiger partial charge is 0.417 e. The Labute approximate surface area is 137 Å². The monoisotopic (exact) mass is 350 g/mol. The van der Waals surface area contributed by atoms with Gasteiger partial charge in [0, 0.05) is 12.7 Å². The average molecular weight is 351 g/mol. The minimum absolute atomic E-state index is 0.0869. The lowest BCUT2D eigenvalue weighted by atomic mass is 10.2. The second-order valence-corrected chi connectivity index (χ2v) is 6.12. The molecule has 0 spiro atoms. The van der Waals surface area contributed by atoms with Gasteiger partial charge in [-0.15, -0.1) is 0 Å². The van der Waals surface area contributed by atoms with Crippen molar-refractivity contribution in [2.75, 3.05) is 6.54 Å². The first-order valence-corrected chi connectivity index (χ1v) is 7.23. The van der Waals surface area contributed by atoms with E-state index in [1.165, 1.54) is 6.08 Å². The van der Waals surface area contributed by atoms with E-state index >= 15 is 0 Å². The molecule has 1 N–H and O–H groups in total. The number of alkyl halides is 3. The molecule has 0 saturated carbocycles. The number of hydrogen-bond donors (Lipinski definition) is 1. The van der Waals surface area contributed by atoms with Crippen molar-refractivity contribution in [1.29, 1.82) is 0 Å². The maximum absolute atomic E-state index is 12.5. The topological polar surface area (TPSA) is 51.2 Å². The highest BCUT2D eigenvalue weighted by molar-refractivity contribution is 6.31. The van der Waals surface area contributed by atoms with E-state index in [9.17, 15) is 18.0 Å². The molecular formula is C15H18ClF3N2O2. The number of hydrogen-bond acceptors (Lipinski definition) is 3. The number of carbonyl (C=O) groups excluding carboxylic acids is 1. The third-order valence-electron chi connectivity index (χ3n) is 2.45. The van der Waals surface area contributed by atoms with Crippen LogP contribution in [0.5, 0.6) is 0 Å². The molecule has 0 radical (unpaired) electrons. The lowest BCUT2D eigenvalue weighted by Gasteiger charge is -2.19. The quantitative estimate of drug-likeness (QED) is 0.802. The highest BCUT2D eigenvalue weighted by Gasteiger charge is 2.31. The Bertz CT molecular complexity index is 581. The second-order valence-electron chi connectivity index (χ2n) is 5.71. The highest BCUT2D eigenvalue weighted by Crippen LogP contribution is 2.31. The fourth-order valence-electron chi connectivity index (χ4n) is 1.49. The van der Waals surface area contributed by atoms with Gasteiger partial charge in [-0.25, -0.2) is 4.79 Å². The molecule has 1 heterocycles. The highest BCUT2D eigenvalue weighted by atomic mass is 35.5. The number of nitrogens with one attached hydrogen (secondary N) is 1. The molecule has 1 aromatic rings. The van der Waals surface area contributed by atoms with Crippen molar-refractivity contribution >= 4 is 23.8 Å². The van der Waals surface area contributed by atoms with Crippen molar-refractivity contribution < 1.29 is 22.7 Å². The Kier molecular flexibility index (Phi) is 6.44. The number of ether oxygens (including phenoxy) is 1. The van der Waals surface area contributed by atoms with E-state index in [1.807, 2.05) is 0 Å². The number of pyridine rings is 1. The van der Waals surface area contributed by atoms with Crippen molar-refractivity contribution in [2.45, 2.75) is 39.0 Å². The molecule has 1 amide bonds. The Morgan fingerprint density at radius 2 is 2.04 bits per heavy atom. The van der Waals surface area contributed by atoms with Gasteiger partial charge >= 0.3 is 12.3 Å². The number of halogens is 4. The summed E-state index contributed by atoms with van der Waals surface area (Å²) >= 11 is 5.77. The molecule has 128 valence electrons. The number of rotatable bonds is 4. The SMILES string of the molecule is CC(C)(C)OC(=O)NCCC=Cc1ncc(C(F)(F)F)cc1Cl. The summed E-state index contributed by atoms with van der Waals surface area (Å²) in [4.78, 5) is 15.1. The maximum atomic E-state index is 12.5. The van der Waals surface area contributed by atoms with E-state index < -0.39 is 23.4 Å². The van der Waals surface area contributed by atoms with Crippen LogP contribution in [0.4, 0.5) is 18.0 Å². The molecule has 1 aromatic heterocycles. The molecule has 1 rings (SSSR count). The Morgan fingerprint density at radius 3 is 2.57 bits per heavy atom. The van der Waals surface area contributed by atoms with Gasteiger partial charge in [-0.2, -0.15) is 13.2 Å². The summed E-state index contributed by atoms with van der Waals surface area (Å²) < 4.78 is 42.5. The molecule has 0 aromatic carbocycles. The van der Waals surface area contributed by atoms with Gasteiger partial charge in [-0.1, -0.05) is 17.7 Å². The van der Waals surface area contributed by atoms with Crippen LogP contribution in [-0.2, 0) is 10.9 Å². The summed E-state index contributed by atoms with van der Waals surface area (Å²) in [6, 6.07) is 0.827. The zero-order valence-corrected chi connectivity index (χ0v) is 13.8. The minimum Gasteiger partial charge on any atom is -0.444 e. The molecule has 8 heteroatoms. The van der Waals surface area contributed by atoms with Crippen LogP contribution < -0.4 is 5.32 Å². The Hall–Kier alpha value is -1.76. The first-order chi connectivity index (χ1) is 10.5. The molecule has 0 aliphatic heterocycles.